The van der Waals surface area contributed by atoms with Gasteiger partial charge in [-0.25, -0.2) is 12.8 Å². The molecule has 22 heavy (non-hydrogen) atoms. The highest BCUT2D eigenvalue weighted by Crippen LogP contribution is 2.36. The molecule has 9 heteroatoms. The van der Waals surface area contributed by atoms with E-state index in [0.717, 1.165) is 30.3 Å². The number of alkyl halides is 3. The molecular formula is C13H6BrF4O3S. The van der Waals surface area contributed by atoms with Gasteiger partial charge < -0.3 is 4.74 Å². The van der Waals surface area contributed by atoms with Crippen molar-refractivity contribution in [1.82, 2.24) is 0 Å². The first kappa shape index (κ1) is 16.8. The summed E-state index contributed by atoms with van der Waals surface area (Å²) < 4.78 is 78.2. The number of benzene rings is 2. The first-order chi connectivity index (χ1) is 10.1. The first-order valence-corrected chi connectivity index (χ1v) is 7.84. The molecule has 2 aromatic rings. The highest BCUT2D eigenvalue weighted by molar-refractivity contribution is 9.10. The van der Waals surface area contributed by atoms with Crippen LogP contribution < -0.4 is 4.74 Å². The lowest BCUT2D eigenvalue weighted by Gasteiger charge is -2.11. The van der Waals surface area contributed by atoms with E-state index < -0.39 is 26.1 Å². The van der Waals surface area contributed by atoms with Crippen LogP contribution in [-0.4, -0.2) is 13.9 Å². The lowest BCUT2D eigenvalue weighted by Crippen LogP contribution is -2.23. The largest absolute Gasteiger partial charge is 0.501 e. The zero-order valence-corrected chi connectivity index (χ0v) is 12.9. The molecule has 2 rings (SSSR count). The Morgan fingerprint density at radius 2 is 1.82 bits per heavy atom. The molecular weight excluding hydrogens is 392 g/mol. The Kier molecular flexibility index (Phi) is 4.48. The highest BCUT2D eigenvalue weighted by Gasteiger charge is 2.47. The molecule has 0 fully saturated rings. The van der Waals surface area contributed by atoms with Crippen LogP contribution in [0.15, 0.2) is 45.8 Å². The van der Waals surface area contributed by atoms with Crippen molar-refractivity contribution in [3.8, 4) is 11.5 Å². The second-order valence-electron chi connectivity index (χ2n) is 4.03. The molecule has 0 aromatic heterocycles. The average molecular weight is 398 g/mol. The molecule has 0 unspecified atom stereocenters. The molecule has 0 aliphatic rings. The summed E-state index contributed by atoms with van der Waals surface area (Å²) in [6.07, 6.45) is 0. The van der Waals surface area contributed by atoms with Crippen molar-refractivity contribution in [2.75, 3.05) is 0 Å². The zero-order chi connectivity index (χ0) is 16.5. The van der Waals surface area contributed by atoms with E-state index in [2.05, 4.69) is 22.0 Å². The summed E-state index contributed by atoms with van der Waals surface area (Å²) in [5.74, 6) is -0.517. The maximum atomic E-state index is 13.0. The molecule has 0 saturated heterocycles. The molecule has 0 N–H and O–H groups in total. The molecule has 0 aliphatic carbocycles. The maximum absolute atomic E-state index is 13.0. The minimum atomic E-state index is -5.45. The van der Waals surface area contributed by atoms with Crippen molar-refractivity contribution in [3.63, 3.8) is 0 Å². The Labute approximate surface area is 131 Å². The fraction of sp³-hybridized carbons (Fsp3) is 0.0769. The predicted molar refractivity (Wildman–Crippen MR) is 72.7 cm³/mol. The van der Waals surface area contributed by atoms with Gasteiger partial charge in [-0.15, -0.1) is 0 Å². The van der Waals surface area contributed by atoms with Crippen LogP contribution in [0.3, 0.4) is 0 Å². The van der Waals surface area contributed by atoms with Crippen LogP contribution in [0.1, 0.15) is 0 Å². The van der Waals surface area contributed by atoms with Gasteiger partial charge in [0.15, 0.2) is 0 Å². The van der Waals surface area contributed by atoms with E-state index >= 15 is 0 Å². The Balaban J connectivity index is 2.35. The fourth-order valence-corrected chi connectivity index (χ4v) is 2.87. The average Bonchev–Trinajstić information content (AvgIpc) is 2.39. The Morgan fingerprint density at radius 3 is 2.36 bits per heavy atom. The highest BCUT2D eigenvalue weighted by atomic mass is 79.9. The van der Waals surface area contributed by atoms with Gasteiger partial charge in [0, 0.05) is 6.07 Å². The standard InChI is InChI=1S/C13H6BrF4O3S/c14-11-7-10(22(19,20)13(16,17)18)4-5-12(11)21-9-3-1-2-8(15)6-9/h2-7H. The zero-order valence-electron chi connectivity index (χ0n) is 10.5. The lowest BCUT2D eigenvalue weighted by atomic mass is 10.3. The summed E-state index contributed by atoms with van der Waals surface area (Å²) >= 11 is 2.92. The minimum Gasteiger partial charge on any atom is -0.456 e. The van der Waals surface area contributed by atoms with E-state index in [1.54, 1.807) is 0 Å². The van der Waals surface area contributed by atoms with Crippen LogP contribution in [0, 0.1) is 11.9 Å². The molecule has 0 atom stereocenters. The number of hydrogen-bond donors (Lipinski definition) is 0. The van der Waals surface area contributed by atoms with Crippen molar-refractivity contribution in [1.29, 1.82) is 0 Å². The van der Waals surface area contributed by atoms with E-state index in [0.29, 0.717) is 0 Å². The maximum Gasteiger partial charge on any atom is 0.501 e. The van der Waals surface area contributed by atoms with Crippen molar-refractivity contribution in [2.45, 2.75) is 10.4 Å². The minimum absolute atomic E-state index is 0.0258. The third-order valence-electron chi connectivity index (χ3n) is 2.47. The summed E-state index contributed by atoms with van der Waals surface area (Å²) in [6, 6.07) is 8.45. The van der Waals surface area contributed by atoms with E-state index in [1.165, 1.54) is 6.07 Å². The van der Waals surface area contributed by atoms with Crippen molar-refractivity contribution >= 4 is 25.8 Å². The molecule has 0 spiro atoms. The Bertz CT molecular complexity index is 803. The van der Waals surface area contributed by atoms with Crippen LogP contribution >= 0.6 is 15.9 Å². The van der Waals surface area contributed by atoms with Crippen molar-refractivity contribution in [3.05, 3.63) is 52.8 Å². The summed E-state index contributed by atoms with van der Waals surface area (Å²) in [6.45, 7) is 0. The smallest absolute Gasteiger partial charge is 0.456 e. The Hall–Kier alpha value is -1.61. The Morgan fingerprint density at radius 1 is 1.14 bits per heavy atom. The van der Waals surface area contributed by atoms with Gasteiger partial charge in [-0.3, -0.25) is 0 Å². The van der Waals surface area contributed by atoms with Gasteiger partial charge in [0.2, 0.25) is 0 Å². The number of rotatable bonds is 3. The van der Waals surface area contributed by atoms with Crippen LogP contribution in [0.2, 0.25) is 0 Å². The van der Waals surface area contributed by atoms with Gasteiger partial charge in [-0.1, -0.05) is 0 Å². The monoisotopic (exact) mass is 397 g/mol. The topological polar surface area (TPSA) is 43.4 Å². The molecule has 117 valence electrons. The fourth-order valence-electron chi connectivity index (χ4n) is 1.47. The van der Waals surface area contributed by atoms with Crippen LogP contribution in [-0.2, 0) is 9.84 Å². The molecule has 3 nitrogen and oxygen atoms in total. The predicted octanol–water partition coefficient (Wildman–Crippen LogP) is 4.47. The van der Waals surface area contributed by atoms with Gasteiger partial charge in [-0.2, -0.15) is 13.2 Å². The van der Waals surface area contributed by atoms with Gasteiger partial charge in [0.25, 0.3) is 9.84 Å². The SMILES string of the molecule is O=S(=O)(c1ccc(Oc2c[c]cc(F)c2)c(Br)c1)C(F)(F)F. The molecule has 2 aromatic carbocycles. The summed E-state index contributed by atoms with van der Waals surface area (Å²) in [5, 5.41) is 0. The third kappa shape index (κ3) is 3.41. The number of ether oxygens (including phenoxy) is 1. The summed E-state index contributed by atoms with van der Waals surface area (Å²) in [7, 11) is -5.45. The van der Waals surface area contributed by atoms with Crippen LogP contribution in [0.5, 0.6) is 11.5 Å². The number of sulfone groups is 1. The van der Waals surface area contributed by atoms with Gasteiger partial charge in [0.05, 0.1) is 9.37 Å². The number of halogens is 5. The van der Waals surface area contributed by atoms with Crippen LogP contribution in [0.25, 0.3) is 0 Å². The third-order valence-corrected chi connectivity index (χ3v) is 4.58. The van der Waals surface area contributed by atoms with Gasteiger partial charge in [-0.05, 0) is 52.3 Å². The quantitative estimate of drug-likeness (QED) is 0.717. The molecule has 0 aliphatic heterocycles. The van der Waals surface area contributed by atoms with E-state index in [-0.39, 0.29) is 16.0 Å². The second kappa shape index (κ2) is 5.88. The van der Waals surface area contributed by atoms with Gasteiger partial charge >= 0.3 is 5.51 Å². The van der Waals surface area contributed by atoms with Crippen molar-refractivity contribution in [2.24, 2.45) is 0 Å². The summed E-state index contributed by atoms with van der Waals surface area (Å²) in [5.41, 5.74) is -5.40. The molecule has 0 bridgehead atoms. The number of hydrogen-bond acceptors (Lipinski definition) is 3. The van der Waals surface area contributed by atoms with E-state index in [4.69, 9.17) is 4.74 Å². The van der Waals surface area contributed by atoms with E-state index in [9.17, 15) is 26.0 Å². The van der Waals surface area contributed by atoms with E-state index in [1.807, 2.05) is 0 Å². The summed E-state index contributed by atoms with van der Waals surface area (Å²) in [4.78, 5) is -0.926. The molecule has 1 radical (unpaired) electrons. The molecule has 0 heterocycles. The van der Waals surface area contributed by atoms with Gasteiger partial charge in [0.1, 0.15) is 17.3 Å². The first-order valence-electron chi connectivity index (χ1n) is 5.56. The molecule has 0 saturated carbocycles. The van der Waals surface area contributed by atoms with Crippen molar-refractivity contribution < 1.29 is 30.7 Å². The second-order valence-corrected chi connectivity index (χ2v) is 6.83. The van der Waals surface area contributed by atoms with Crippen LogP contribution in [0.4, 0.5) is 17.6 Å². The normalized spacial score (nSPS) is 12.2. The molecule has 0 amide bonds. The lowest BCUT2D eigenvalue weighted by molar-refractivity contribution is -0.0436.